The van der Waals surface area contributed by atoms with Crippen molar-refractivity contribution in [1.82, 2.24) is 15.2 Å². The molecule has 0 aliphatic heterocycles. The number of amides is 1. The van der Waals surface area contributed by atoms with E-state index in [4.69, 9.17) is 11.6 Å². The van der Waals surface area contributed by atoms with Gasteiger partial charge < -0.3 is 5.32 Å². The largest absolute Gasteiger partial charge is 0.324 e. The zero-order valence-corrected chi connectivity index (χ0v) is 17.7. The minimum absolute atomic E-state index is 0.0998. The molecule has 152 valence electrons. The van der Waals surface area contributed by atoms with Crippen molar-refractivity contribution in [2.24, 2.45) is 0 Å². The van der Waals surface area contributed by atoms with Crippen LogP contribution in [0.1, 0.15) is 21.5 Å². The summed E-state index contributed by atoms with van der Waals surface area (Å²) >= 11 is 9.10. The molecule has 2 heterocycles. The Morgan fingerprint density at radius 2 is 2.07 bits per heavy atom. The predicted molar refractivity (Wildman–Crippen MR) is 113 cm³/mol. The van der Waals surface area contributed by atoms with E-state index in [1.54, 1.807) is 25.3 Å². The number of hydrogen-bond acceptors (Lipinski definition) is 4. The summed E-state index contributed by atoms with van der Waals surface area (Å²) in [7, 11) is 0. The third kappa shape index (κ3) is 3.14. The molecule has 2 aromatic heterocycles. The topological polar surface area (TPSA) is 87.7 Å². The third-order valence-electron chi connectivity index (χ3n) is 4.73. The number of aromatic amines is 1. The van der Waals surface area contributed by atoms with Crippen LogP contribution in [0.4, 0.5) is 14.5 Å². The van der Waals surface area contributed by atoms with E-state index in [0.29, 0.717) is 20.9 Å². The van der Waals surface area contributed by atoms with Gasteiger partial charge in [0.05, 0.1) is 23.0 Å². The summed E-state index contributed by atoms with van der Waals surface area (Å²) in [6, 6.07) is 4.16. The molecule has 0 bridgehead atoms. The van der Waals surface area contributed by atoms with Gasteiger partial charge in [-0.25, -0.2) is 8.78 Å². The number of aromatic nitrogens is 3. The number of pyridine rings is 1. The van der Waals surface area contributed by atoms with Gasteiger partial charge in [0.2, 0.25) is 5.91 Å². The van der Waals surface area contributed by atoms with Crippen molar-refractivity contribution in [3.8, 4) is 0 Å². The maximum absolute atomic E-state index is 14.2. The lowest BCUT2D eigenvalue weighted by Gasteiger charge is -2.18. The number of rotatable bonds is 4. The summed E-state index contributed by atoms with van der Waals surface area (Å²) in [6.45, 7) is 1.66. The fourth-order valence-electron chi connectivity index (χ4n) is 3.35. The number of H-pyrrole nitrogens is 1. The number of hydrogen-bond donors (Lipinski definition) is 2. The number of carbonyl (C=O) groups is 2. The molecule has 2 N–H and O–H groups in total. The standard InChI is InChI=1S/C20H12BrClF2N4O2/c1-8-14(20(30)10-5-12(23)16(24)19-11(10)7-26-28-19)17(27-13(29)6-22)9-3-2-4-25-18(9)15(8)21/h2-5,7H,6H2,1H3,(H,26,28)(H,27,29). The predicted octanol–water partition coefficient (Wildman–Crippen LogP) is 4.87. The minimum atomic E-state index is -1.19. The van der Waals surface area contributed by atoms with Gasteiger partial charge in [0.25, 0.3) is 0 Å². The van der Waals surface area contributed by atoms with Crippen LogP contribution in [0.15, 0.2) is 35.1 Å². The second-order valence-corrected chi connectivity index (χ2v) is 7.54. The van der Waals surface area contributed by atoms with Crippen molar-refractivity contribution >= 4 is 66.7 Å². The summed E-state index contributed by atoms with van der Waals surface area (Å²) < 4.78 is 28.8. The molecule has 0 fully saturated rings. The highest BCUT2D eigenvalue weighted by Crippen LogP contribution is 2.38. The highest BCUT2D eigenvalue weighted by atomic mass is 79.9. The molecule has 0 saturated heterocycles. The van der Waals surface area contributed by atoms with E-state index in [1.807, 2.05) is 0 Å². The monoisotopic (exact) mass is 492 g/mol. The first-order chi connectivity index (χ1) is 14.3. The first-order valence-corrected chi connectivity index (χ1v) is 9.96. The molecule has 2 aromatic carbocycles. The quantitative estimate of drug-likeness (QED) is 0.314. The van der Waals surface area contributed by atoms with E-state index >= 15 is 0 Å². The van der Waals surface area contributed by atoms with Crippen LogP contribution in [0.5, 0.6) is 0 Å². The Morgan fingerprint density at radius 1 is 1.30 bits per heavy atom. The van der Waals surface area contributed by atoms with Gasteiger partial charge in [0.1, 0.15) is 11.4 Å². The minimum Gasteiger partial charge on any atom is -0.324 e. The number of nitrogens with one attached hydrogen (secondary N) is 2. The number of fused-ring (bicyclic) bond motifs is 2. The zero-order valence-electron chi connectivity index (χ0n) is 15.3. The molecule has 0 saturated carbocycles. The molecule has 0 aliphatic rings. The van der Waals surface area contributed by atoms with Gasteiger partial charge in [0.15, 0.2) is 17.4 Å². The van der Waals surface area contributed by atoms with Crippen molar-refractivity contribution < 1.29 is 18.4 Å². The van der Waals surface area contributed by atoms with Crippen LogP contribution in [-0.4, -0.2) is 32.8 Å². The van der Waals surface area contributed by atoms with E-state index < -0.39 is 23.3 Å². The molecule has 10 heteroatoms. The van der Waals surface area contributed by atoms with Gasteiger partial charge in [-0.1, -0.05) is 0 Å². The molecular formula is C20H12BrClF2N4O2. The summed E-state index contributed by atoms with van der Waals surface area (Å²) in [6.07, 6.45) is 2.82. The Bertz CT molecular complexity index is 1360. The number of halogens is 4. The first-order valence-electron chi connectivity index (χ1n) is 8.63. The average molecular weight is 494 g/mol. The molecule has 4 rings (SSSR count). The maximum Gasteiger partial charge on any atom is 0.239 e. The summed E-state index contributed by atoms with van der Waals surface area (Å²) in [5.74, 6) is -3.80. The van der Waals surface area contributed by atoms with Gasteiger partial charge in [-0.3, -0.25) is 19.7 Å². The van der Waals surface area contributed by atoms with Crippen LogP contribution in [0.2, 0.25) is 0 Å². The first kappa shape index (κ1) is 20.4. The van der Waals surface area contributed by atoms with Crippen molar-refractivity contribution in [3.63, 3.8) is 0 Å². The highest BCUT2D eigenvalue weighted by Gasteiger charge is 2.27. The second-order valence-electron chi connectivity index (χ2n) is 6.48. The van der Waals surface area contributed by atoms with Crippen LogP contribution in [0.3, 0.4) is 0 Å². The van der Waals surface area contributed by atoms with Crippen molar-refractivity contribution in [2.45, 2.75) is 6.92 Å². The molecular weight excluding hydrogens is 482 g/mol. The number of benzene rings is 2. The molecule has 1 amide bonds. The van der Waals surface area contributed by atoms with Gasteiger partial charge in [-0.15, -0.1) is 11.6 Å². The van der Waals surface area contributed by atoms with Gasteiger partial charge >= 0.3 is 0 Å². The average Bonchev–Trinajstić information content (AvgIpc) is 3.24. The SMILES string of the molecule is Cc1c(C(=O)c2cc(F)c(F)c3[nH]ncc23)c(NC(=O)CCl)c2cccnc2c1Br. The second kappa shape index (κ2) is 7.73. The Kier molecular flexibility index (Phi) is 5.25. The molecule has 0 radical (unpaired) electrons. The third-order valence-corrected chi connectivity index (χ3v) is 5.94. The van der Waals surface area contributed by atoms with Crippen LogP contribution in [0.25, 0.3) is 21.8 Å². The van der Waals surface area contributed by atoms with Gasteiger partial charge in [-0.2, -0.15) is 5.10 Å². The van der Waals surface area contributed by atoms with Crippen LogP contribution < -0.4 is 5.32 Å². The van der Waals surface area contributed by atoms with E-state index in [2.05, 4.69) is 36.4 Å². The van der Waals surface area contributed by atoms with E-state index in [0.717, 1.165) is 6.07 Å². The fourth-order valence-corrected chi connectivity index (χ4v) is 3.93. The number of ketones is 1. The summed E-state index contributed by atoms with van der Waals surface area (Å²) in [5, 5.41) is 9.34. The molecule has 6 nitrogen and oxygen atoms in total. The smallest absolute Gasteiger partial charge is 0.239 e. The van der Waals surface area contributed by atoms with Crippen molar-refractivity contribution in [1.29, 1.82) is 0 Å². The molecule has 4 aromatic rings. The highest BCUT2D eigenvalue weighted by molar-refractivity contribution is 9.10. The number of carbonyl (C=O) groups excluding carboxylic acids is 2. The Labute approximate surface area is 181 Å². The lowest BCUT2D eigenvalue weighted by atomic mass is 9.93. The van der Waals surface area contributed by atoms with Crippen molar-refractivity contribution in [3.05, 3.63) is 63.4 Å². The number of alkyl halides is 1. The fraction of sp³-hybridized carbons (Fsp3) is 0.100. The summed E-state index contributed by atoms with van der Waals surface area (Å²) in [4.78, 5) is 30.0. The molecule has 0 unspecified atom stereocenters. The normalized spacial score (nSPS) is 11.2. The molecule has 0 atom stereocenters. The number of anilines is 1. The Balaban J connectivity index is 2.06. The lowest BCUT2D eigenvalue weighted by Crippen LogP contribution is -2.18. The van der Waals surface area contributed by atoms with Crippen LogP contribution >= 0.6 is 27.5 Å². The van der Waals surface area contributed by atoms with E-state index in [1.165, 1.54) is 6.20 Å². The Morgan fingerprint density at radius 3 is 2.80 bits per heavy atom. The van der Waals surface area contributed by atoms with Gasteiger partial charge in [0, 0.05) is 27.0 Å². The van der Waals surface area contributed by atoms with Crippen LogP contribution in [0, 0.1) is 18.6 Å². The molecule has 0 spiro atoms. The lowest BCUT2D eigenvalue weighted by molar-refractivity contribution is -0.113. The number of nitrogens with zero attached hydrogens (tertiary/aromatic N) is 2. The Hall–Kier alpha value is -2.91. The zero-order chi connectivity index (χ0) is 21.6. The summed E-state index contributed by atoms with van der Waals surface area (Å²) in [5.41, 5.74) is 0.971. The molecule has 30 heavy (non-hydrogen) atoms. The molecule has 0 aliphatic carbocycles. The van der Waals surface area contributed by atoms with Crippen molar-refractivity contribution in [2.75, 3.05) is 11.2 Å². The van der Waals surface area contributed by atoms with E-state index in [9.17, 15) is 18.4 Å². The van der Waals surface area contributed by atoms with Gasteiger partial charge in [-0.05, 0) is 46.6 Å². The maximum atomic E-state index is 14.2. The van der Waals surface area contributed by atoms with E-state index in [-0.39, 0.29) is 33.6 Å². The van der Waals surface area contributed by atoms with Crippen LogP contribution in [-0.2, 0) is 4.79 Å².